The van der Waals surface area contributed by atoms with Crippen molar-refractivity contribution in [1.82, 2.24) is 0 Å². The Morgan fingerprint density at radius 1 is 1.50 bits per heavy atom. The topological polar surface area (TPSA) is 72.6 Å². The third kappa shape index (κ3) is 3.74. The first-order valence-electron chi connectivity index (χ1n) is 6.19. The minimum absolute atomic E-state index is 0.176. The molecule has 2 atom stereocenters. The van der Waals surface area contributed by atoms with Gasteiger partial charge in [-0.3, -0.25) is 4.79 Å². The van der Waals surface area contributed by atoms with Crippen LogP contribution in [0.5, 0.6) is 5.75 Å². The third-order valence-corrected chi connectivity index (χ3v) is 3.26. The first-order chi connectivity index (χ1) is 8.62. The molecular formula is C14H21NO3. The number of methoxy groups -OCH3 is 1. The molecule has 0 aliphatic carbocycles. The minimum Gasteiger partial charge on any atom is -0.497 e. The zero-order valence-electron chi connectivity index (χ0n) is 10.9. The van der Waals surface area contributed by atoms with Crippen molar-refractivity contribution >= 4 is 5.97 Å². The number of hydrogen-bond donors (Lipinski definition) is 2. The molecule has 0 aliphatic heterocycles. The van der Waals surface area contributed by atoms with E-state index in [0.717, 1.165) is 17.7 Å². The van der Waals surface area contributed by atoms with Crippen LogP contribution in [0.25, 0.3) is 0 Å². The van der Waals surface area contributed by atoms with Crippen LogP contribution in [-0.2, 0) is 4.79 Å². The van der Waals surface area contributed by atoms with Gasteiger partial charge in [-0.1, -0.05) is 19.1 Å². The van der Waals surface area contributed by atoms with Crippen molar-refractivity contribution in [3.8, 4) is 5.75 Å². The van der Waals surface area contributed by atoms with Gasteiger partial charge in [-0.15, -0.1) is 0 Å². The van der Waals surface area contributed by atoms with E-state index < -0.39 is 11.9 Å². The largest absolute Gasteiger partial charge is 0.497 e. The lowest BCUT2D eigenvalue weighted by atomic mass is 9.87. The van der Waals surface area contributed by atoms with Crippen molar-refractivity contribution in [3.63, 3.8) is 0 Å². The predicted octanol–water partition coefficient (Wildman–Crippen LogP) is 2.24. The lowest BCUT2D eigenvalue weighted by Crippen LogP contribution is -2.25. The summed E-state index contributed by atoms with van der Waals surface area (Å²) in [6.45, 7) is 2.23. The number of carbonyl (C=O) groups is 1. The molecule has 0 bridgehead atoms. The van der Waals surface area contributed by atoms with E-state index >= 15 is 0 Å². The van der Waals surface area contributed by atoms with E-state index in [1.54, 1.807) is 7.11 Å². The number of nitrogens with two attached hydrogens (primary N) is 1. The first kappa shape index (κ1) is 14.5. The Hall–Kier alpha value is -1.55. The molecule has 18 heavy (non-hydrogen) atoms. The number of rotatable bonds is 7. The van der Waals surface area contributed by atoms with Crippen LogP contribution >= 0.6 is 0 Å². The molecule has 1 aromatic carbocycles. The maximum Gasteiger partial charge on any atom is 0.307 e. The molecule has 0 heterocycles. The Labute approximate surface area is 108 Å². The van der Waals surface area contributed by atoms with E-state index in [4.69, 9.17) is 15.6 Å². The van der Waals surface area contributed by atoms with Crippen LogP contribution < -0.4 is 10.5 Å². The van der Waals surface area contributed by atoms with Gasteiger partial charge < -0.3 is 15.6 Å². The number of benzene rings is 1. The van der Waals surface area contributed by atoms with E-state index in [1.165, 1.54) is 0 Å². The van der Waals surface area contributed by atoms with Gasteiger partial charge in [0, 0.05) is 6.54 Å². The van der Waals surface area contributed by atoms with Crippen molar-refractivity contribution in [2.75, 3.05) is 13.7 Å². The molecule has 1 aromatic rings. The fourth-order valence-corrected chi connectivity index (χ4v) is 2.08. The molecule has 0 aliphatic rings. The molecule has 0 spiro atoms. The summed E-state index contributed by atoms with van der Waals surface area (Å²) in [6.07, 6.45) is 1.45. The van der Waals surface area contributed by atoms with Crippen LogP contribution in [0.3, 0.4) is 0 Å². The van der Waals surface area contributed by atoms with Crippen molar-refractivity contribution < 1.29 is 14.6 Å². The molecule has 1 rings (SSSR count). The maximum absolute atomic E-state index is 11.0. The smallest absolute Gasteiger partial charge is 0.307 e. The summed E-state index contributed by atoms with van der Waals surface area (Å²) in [7, 11) is 1.63. The molecule has 0 saturated carbocycles. The quantitative estimate of drug-likeness (QED) is 0.779. The monoisotopic (exact) mass is 251 g/mol. The van der Waals surface area contributed by atoms with E-state index in [2.05, 4.69) is 6.92 Å². The third-order valence-electron chi connectivity index (χ3n) is 3.26. The predicted molar refractivity (Wildman–Crippen MR) is 70.8 cm³/mol. The van der Waals surface area contributed by atoms with Crippen LogP contribution in [-0.4, -0.2) is 24.7 Å². The van der Waals surface area contributed by atoms with Gasteiger partial charge in [-0.2, -0.15) is 0 Å². The molecule has 0 aromatic heterocycles. The fourth-order valence-electron chi connectivity index (χ4n) is 2.08. The molecule has 0 fully saturated rings. The van der Waals surface area contributed by atoms with Crippen LogP contribution in [0, 0.1) is 5.92 Å². The summed E-state index contributed by atoms with van der Waals surface area (Å²) < 4.78 is 5.19. The lowest BCUT2D eigenvalue weighted by molar-refractivity contribution is -0.141. The summed E-state index contributed by atoms with van der Waals surface area (Å²) in [6, 6.07) is 7.78. The van der Waals surface area contributed by atoms with E-state index in [1.807, 2.05) is 24.3 Å². The van der Waals surface area contributed by atoms with Gasteiger partial charge in [0.2, 0.25) is 0 Å². The van der Waals surface area contributed by atoms with E-state index in [0.29, 0.717) is 6.42 Å². The van der Waals surface area contributed by atoms with Gasteiger partial charge in [0.1, 0.15) is 5.75 Å². The second kappa shape index (κ2) is 7.01. The Morgan fingerprint density at radius 3 is 2.72 bits per heavy atom. The maximum atomic E-state index is 11.0. The van der Waals surface area contributed by atoms with Gasteiger partial charge in [-0.05, 0) is 36.5 Å². The number of ether oxygens (including phenoxy) is 1. The summed E-state index contributed by atoms with van der Waals surface area (Å²) >= 11 is 0. The van der Waals surface area contributed by atoms with Crippen molar-refractivity contribution in [2.24, 2.45) is 11.7 Å². The van der Waals surface area contributed by atoms with Gasteiger partial charge in [-0.25, -0.2) is 0 Å². The highest BCUT2D eigenvalue weighted by Gasteiger charge is 2.21. The Bertz CT molecular complexity index is 392. The van der Waals surface area contributed by atoms with E-state index in [-0.39, 0.29) is 12.5 Å². The minimum atomic E-state index is -0.821. The van der Waals surface area contributed by atoms with Crippen LogP contribution in [0.15, 0.2) is 24.3 Å². The Morgan fingerprint density at radius 2 is 2.22 bits per heavy atom. The SMILES string of the molecule is CCC(CC(CN)C(=O)O)c1cccc(OC)c1. The number of hydrogen-bond acceptors (Lipinski definition) is 3. The van der Waals surface area contributed by atoms with Crippen LogP contribution in [0.4, 0.5) is 0 Å². The van der Waals surface area contributed by atoms with Crippen LogP contribution in [0.2, 0.25) is 0 Å². The standard InChI is InChI=1S/C14H21NO3/c1-3-10(7-12(9-15)14(16)17)11-5-4-6-13(8-11)18-2/h4-6,8,10,12H,3,7,9,15H2,1-2H3,(H,16,17). The normalized spacial score (nSPS) is 13.9. The van der Waals surface area contributed by atoms with E-state index in [9.17, 15) is 4.79 Å². The average molecular weight is 251 g/mol. The highest BCUT2D eigenvalue weighted by atomic mass is 16.5. The van der Waals surface area contributed by atoms with Crippen LogP contribution in [0.1, 0.15) is 31.2 Å². The second-order valence-electron chi connectivity index (χ2n) is 4.39. The summed E-state index contributed by atoms with van der Waals surface area (Å²) in [5, 5.41) is 9.06. The fraction of sp³-hybridized carbons (Fsp3) is 0.500. The summed E-state index contributed by atoms with van der Waals surface area (Å²) in [4.78, 5) is 11.0. The van der Waals surface area contributed by atoms with Crippen molar-refractivity contribution in [1.29, 1.82) is 0 Å². The molecule has 4 nitrogen and oxygen atoms in total. The zero-order chi connectivity index (χ0) is 13.5. The molecular weight excluding hydrogens is 230 g/mol. The second-order valence-corrected chi connectivity index (χ2v) is 4.39. The Kier molecular flexibility index (Phi) is 5.65. The van der Waals surface area contributed by atoms with Gasteiger partial charge >= 0.3 is 5.97 Å². The molecule has 2 unspecified atom stereocenters. The van der Waals surface area contributed by atoms with Crippen molar-refractivity contribution in [3.05, 3.63) is 29.8 Å². The molecule has 0 radical (unpaired) electrons. The summed E-state index contributed by atoms with van der Waals surface area (Å²) in [5.41, 5.74) is 6.61. The molecule has 0 amide bonds. The average Bonchev–Trinajstić information content (AvgIpc) is 2.39. The lowest BCUT2D eigenvalue weighted by Gasteiger charge is -2.19. The number of aliphatic carboxylic acids is 1. The first-order valence-corrected chi connectivity index (χ1v) is 6.19. The van der Waals surface area contributed by atoms with Crippen molar-refractivity contribution in [2.45, 2.75) is 25.7 Å². The molecule has 0 saturated heterocycles. The zero-order valence-corrected chi connectivity index (χ0v) is 10.9. The molecule has 100 valence electrons. The van der Waals surface area contributed by atoms with Gasteiger partial charge in [0.05, 0.1) is 13.0 Å². The molecule has 4 heteroatoms. The highest BCUT2D eigenvalue weighted by molar-refractivity contribution is 5.70. The molecule has 3 N–H and O–H groups in total. The number of carboxylic acid groups (broad SMARTS) is 1. The van der Waals surface area contributed by atoms with Gasteiger partial charge in [0.15, 0.2) is 0 Å². The number of carboxylic acids is 1. The van der Waals surface area contributed by atoms with Gasteiger partial charge in [0.25, 0.3) is 0 Å². The summed E-state index contributed by atoms with van der Waals surface area (Å²) in [5.74, 6) is -0.310. The highest BCUT2D eigenvalue weighted by Crippen LogP contribution is 2.29. The Balaban J connectivity index is 2.84.